The van der Waals surface area contributed by atoms with Crippen molar-refractivity contribution in [3.63, 3.8) is 0 Å². The third-order valence-electron chi connectivity index (χ3n) is 11.5. The number of rotatable bonds is 52. The molecule has 0 N–H and O–H groups in total. The minimum atomic E-state index is 0.127. The van der Waals surface area contributed by atoms with Crippen LogP contribution >= 0.6 is 0 Å². The molecule has 61 heavy (non-hydrogen) atoms. The van der Waals surface area contributed by atoms with Gasteiger partial charge in [0.25, 0.3) is 0 Å². The van der Waals surface area contributed by atoms with Crippen molar-refractivity contribution in [2.45, 2.75) is 273 Å². The molecule has 0 aromatic carbocycles. The predicted octanol–water partition coefficient (Wildman–Crippen LogP) is 17.6. The first-order valence-corrected chi connectivity index (χ1v) is 26.9. The maximum atomic E-state index is 6.52. The summed E-state index contributed by atoms with van der Waals surface area (Å²) in [5.41, 5.74) is 0. The van der Waals surface area contributed by atoms with E-state index in [1.165, 1.54) is 180 Å². The number of ether oxygens (including phenoxy) is 7. The van der Waals surface area contributed by atoms with Gasteiger partial charge in [0.1, 0.15) is 38.3 Å². The van der Waals surface area contributed by atoms with E-state index in [2.05, 4.69) is 41.5 Å². The Morgan fingerprint density at radius 2 is 0.459 bits per heavy atom. The molecule has 0 saturated carbocycles. The average molecular weight is 867 g/mol. The molecule has 0 rings (SSSR count). The second-order valence-electron chi connectivity index (χ2n) is 17.6. The highest BCUT2D eigenvalue weighted by Gasteiger charge is 2.14. The minimum Gasteiger partial charge on any atom is -0.494 e. The SMILES string of the molecule is CCCCCCCCCC(OCCCCCCC)=C(COCOCOCC(OCCCCCCC)=C(CCCCCCCCC)OCCCCCCC)OCCCCCCC. The zero-order chi connectivity index (χ0) is 44.4. The smallest absolute Gasteiger partial charge is 0.159 e. The van der Waals surface area contributed by atoms with Gasteiger partial charge in [-0.05, 0) is 38.5 Å². The zero-order valence-electron chi connectivity index (χ0n) is 42.0. The van der Waals surface area contributed by atoms with Gasteiger partial charge in [0.05, 0.1) is 26.4 Å². The summed E-state index contributed by atoms with van der Waals surface area (Å²) in [6.45, 7) is 17.4. The molecule has 0 spiro atoms. The molecule has 0 atom stereocenters. The van der Waals surface area contributed by atoms with E-state index < -0.39 is 0 Å². The van der Waals surface area contributed by atoms with Gasteiger partial charge in [-0.25, -0.2) is 0 Å². The first-order chi connectivity index (χ1) is 30.2. The third-order valence-corrected chi connectivity index (χ3v) is 11.5. The highest BCUT2D eigenvalue weighted by molar-refractivity contribution is 5.03. The average Bonchev–Trinajstić information content (AvgIpc) is 3.27. The van der Waals surface area contributed by atoms with Crippen LogP contribution in [0.2, 0.25) is 0 Å². The summed E-state index contributed by atoms with van der Waals surface area (Å²) in [6.07, 6.45) is 43.9. The van der Waals surface area contributed by atoms with Crippen LogP contribution in [0.3, 0.4) is 0 Å². The zero-order valence-corrected chi connectivity index (χ0v) is 42.0. The maximum absolute atomic E-state index is 6.52. The third kappa shape index (κ3) is 42.3. The Hall–Kier alpha value is -1.44. The lowest BCUT2D eigenvalue weighted by Gasteiger charge is -2.19. The molecule has 0 aliphatic heterocycles. The van der Waals surface area contributed by atoms with E-state index in [-0.39, 0.29) is 13.6 Å². The summed E-state index contributed by atoms with van der Waals surface area (Å²) in [5.74, 6) is 3.65. The molecule has 0 aliphatic carbocycles. The summed E-state index contributed by atoms with van der Waals surface area (Å²) in [7, 11) is 0. The molecular formula is C54H106O7. The van der Waals surface area contributed by atoms with E-state index >= 15 is 0 Å². The standard InChI is InChI=1S/C54H106O7/c1-7-13-19-25-27-29-35-41-51(58-43-37-31-21-15-9-3)53(60-45-39-33-23-17-11-5)47-55-49-57-50-56-48-54(61-46-40-34-24-18-12-6)52(59-44-38-32-22-16-10-4)42-36-30-28-26-20-14-8-2/h7-50H2,1-6H3. The lowest BCUT2D eigenvalue weighted by Crippen LogP contribution is -2.14. The minimum absolute atomic E-state index is 0.127. The molecule has 364 valence electrons. The molecule has 0 radical (unpaired) electrons. The van der Waals surface area contributed by atoms with Crippen molar-refractivity contribution in [2.24, 2.45) is 0 Å². The van der Waals surface area contributed by atoms with Crippen molar-refractivity contribution >= 4 is 0 Å². The lowest BCUT2D eigenvalue weighted by atomic mass is 10.1. The van der Waals surface area contributed by atoms with Crippen LogP contribution in [0.4, 0.5) is 0 Å². The normalized spacial score (nSPS) is 12.4. The molecule has 0 bridgehead atoms. The molecule has 0 unspecified atom stereocenters. The van der Waals surface area contributed by atoms with Crippen LogP contribution in [0, 0.1) is 0 Å². The van der Waals surface area contributed by atoms with Gasteiger partial charge < -0.3 is 33.2 Å². The van der Waals surface area contributed by atoms with Gasteiger partial charge in [-0.3, -0.25) is 0 Å². The fraction of sp³-hybridized carbons (Fsp3) is 0.926. The van der Waals surface area contributed by atoms with Crippen LogP contribution < -0.4 is 0 Å². The Morgan fingerprint density at radius 1 is 0.230 bits per heavy atom. The van der Waals surface area contributed by atoms with Gasteiger partial charge in [-0.1, -0.05) is 221 Å². The van der Waals surface area contributed by atoms with Gasteiger partial charge in [0, 0.05) is 12.8 Å². The van der Waals surface area contributed by atoms with Crippen molar-refractivity contribution < 1.29 is 33.2 Å². The quantitative estimate of drug-likeness (QED) is 0.0343. The highest BCUT2D eigenvalue weighted by atomic mass is 16.7. The van der Waals surface area contributed by atoms with E-state index in [0.717, 1.165) is 87.6 Å². The van der Waals surface area contributed by atoms with Gasteiger partial charge in [-0.2, -0.15) is 0 Å². The molecular weight excluding hydrogens is 761 g/mol. The van der Waals surface area contributed by atoms with Gasteiger partial charge in [-0.15, -0.1) is 0 Å². The van der Waals surface area contributed by atoms with Crippen molar-refractivity contribution in [1.29, 1.82) is 0 Å². The molecule has 0 aliphatic rings. The fourth-order valence-corrected chi connectivity index (χ4v) is 7.50. The number of hydrogen-bond acceptors (Lipinski definition) is 7. The second kappa shape index (κ2) is 51.2. The summed E-state index contributed by atoms with van der Waals surface area (Å²) < 4.78 is 44.2. The molecule has 0 aromatic rings. The van der Waals surface area contributed by atoms with Crippen LogP contribution in [0.5, 0.6) is 0 Å². The van der Waals surface area contributed by atoms with Crippen molar-refractivity contribution in [3.05, 3.63) is 23.0 Å². The molecule has 0 heterocycles. The van der Waals surface area contributed by atoms with Gasteiger partial charge >= 0.3 is 0 Å². The molecule has 0 fully saturated rings. The topological polar surface area (TPSA) is 64.6 Å². The highest BCUT2D eigenvalue weighted by Crippen LogP contribution is 2.22. The van der Waals surface area contributed by atoms with Crippen molar-refractivity contribution in [2.75, 3.05) is 53.2 Å². The van der Waals surface area contributed by atoms with Gasteiger partial charge in [0.2, 0.25) is 0 Å². The largest absolute Gasteiger partial charge is 0.494 e. The van der Waals surface area contributed by atoms with Crippen LogP contribution in [-0.2, 0) is 33.2 Å². The predicted molar refractivity (Wildman–Crippen MR) is 261 cm³/mol. The van der Waals surface area contributed by atoms with E-state index in [1.54, 1.807) is 0 Å². The van der Waals surface area contributed by atoms with Crippen LogP contribution in [-0.4, -0.2) is 53.2 Å². The van der Waals surface area contributed by atoms with E-state index in [1.807, 2.05) is 0 Å². The first-order valence-electron chi connectivity index (χ1n) is 26.9. The summed E-state index contributed by atoms with van der Waals surface area (Å²) >= 11 is 0. The summed E-state index contributed by atoms with van der Waals surface area (Å²) in [5, 5.41) is 0. The van der Waals surface area contributed by atoms with Crippen molar-refractivity contribution in [1.82, 2.24) is 0 Å². The molecule has 7 heteroatoms. The molecule has 0 saturated heterocycles. The van der Waals surface area contributed by atoms with E-state index in [4.69, 9.17) is 33.2 Å². The summed E-state index contributed by atoms with van der Waals surface area (Å²) in [6, 6.07) is 0. The summed E-state index contributed by atoms with van der Waals surface area (Å²) in [4.78, 5) is 0. The monoisotopic (exact) mass is 867 g/mol. The molecule has 0 amide bonds. The van der Waals surface area contributed by atoms with Crippen LogP contribution in [0.15, 0.2) is 23.0 Å². The Morgan fingerprint density at radius 3 is 0.738 bits per heavy atom. The Bertz CT molecular complexity index is 847. The van der Waals surface area contributed by atoms with Crippen LogP contribution in [0.1, 0.15) is 273 Å². The lowest BCUT2D eigenvalue weighted by molar-refractivity contribution is -0.132. The van der Waals surface area contributed by atoms with E-state index in [9.17, 15) is 0 Å². The first kappa shape index (κ1) is 59.6. The Labute approximate surface area is 380 Å². The fourth-order valence-electron chi connectivity index (χ4n) is 7.50. The molecule has 0 aromatic heterocycles. The van der Waals surface area contributed by atoms with E-state index in [0.29, 0.717) is 26.4 Å². The number of unbranched alkanes of at least 4 members (excludes halogenated alkanes) is 28. The Balaban J connectivity index is 5.60. The van der Waals surface area contributed by atoms with Gasteiger partial charge in [0.15, 0.2) is 11.5 Å². The molecule has 7 nitrogen and oxygen atoms in total. The number of allylic oxidation sites excluding steroid dienone is 2. The van der Waals surface area contributed by atoms with Crippen molar-refractivity contribution in [3.8, 4) is 0 Å². The Kier molecular flexibility index (Phi) is 50.0. The van der Waals surface area contributed by atoms with Crippen LogP contribution in [0.25, 0.3) is 0 Å². The maximum Gasteiger partial charge on any atom is 0.159 e. The second-order valence-corrected chi connectivity index (χ2v) is 17.6. The number of hydrogen-bond donors (Lipinski definition) is 0.